The zero-order valence-electron chi connectivity index (χ0n) is 10.7. The van der Waals surface area contributed by atoms with Crippen LogP contribution in [0.15, 0.2) is 30.5 Å². The summed E-state index contributed by atoms with van der Waals surface area (Å²) in [5.74, 6) is -0.921. The van der Waals surface area contributed by atoms with Gasteiger partial charge in [0.25, 0.3) is 0 Å². The molecule has 1 aromatic carbocycles. The molecule has 0 spiro atoms. The Morgan fingerprint density at radius 1 is 1.45 bits per heavy atom. The molecular weight excluding hydrogens is 260 g/mol. The number of phenolic OH excluding ortho intramolecular Hbond substituents is 1. The number of carboxylic acids is 1. The van der Waals surface area contributed by atoms with Gasteiger partial charge >= 0.3 is 5.97 Å². The second-order valence-electron chi connectivity index (χ2n) is 4.68. The molecule has 2 heterocycles. The largest absolute Gasteiger partial charge is 0.508 e. The fourth-order valence-electron chi connectivity index (χ4n) is 2.46. The van der Waals surface area contributed by atoms with E-state index < -0.39 is 5.97 Å². The highest BCUT2D eigenvalue weighted by Crippen LogP contribution is 2.32. The first-order chi connectivity index (χ1) is 9.66. The minimum Gasteiger partial charge on any atom is -0.508 e. The summed E-state index contributed by atoms with van der Waals surface area (Å²) in [7, 11) is 0. The van der Waals surface area contributed by atoms with Crippen LogP contribution >= 0.6 is 0 Å². The predicted octanol–water partition coefficient (Wildman–Crippen LogP) is 2.13. The van der Waals surface area contributed by atoms with Crippen LogP contribution in [0.3, 0.4) is 0 Å². The van der Waals surface area contributed by atoms with Crippen molar-refractivity contribution >= 4 is 5.97 Å². The van der Waals surface area contributed by atoms with Crippen LogP contribution < -0.4 is 0 Å². The molecule has 1 fully saturated rings. The highest BCUT2D eigenvalue weighted by atomic mass is 16.5. The minimum absolute atomic E-state index is 0.105. The Hall–Kier alpha value is -2.34. The van der Waals surface area contributed by atoms with Crippen LogP contribution in [-0.4, -0.2) is 32.6 Å². The zero-order valence-corrected chi connectivity index (χ0v) is 10.7. The van der Waals surface area contributed by atoms with Gasteiger partial charge in [-0.2, -0.15) is 5.10 Å². The van der Waals surface area contributed by atoms with E-state index in [2.05, 4.69) is 5.10 Å². The quantitative estimate of drug-likeness (QED) is 0.895. The highest BCUT2D eigenvalue weighted by Gasteiger charge is 2.28. The van der Waals surface area contributed by atoms with Gasteiger partial charge in [0.2, 0.25) is 0 Å². The van der Waals surface area contributed by atoms with E-state index in [0.717, 1.165) is 12.8 Å². The third-order valence-corrected chi connectivity index (χ3v) is 3.35. The summed E-state index contributed by atoms with van der Waals surface area (Å²) in [5, 5.41) is 23.0. The van der Waals surface area contributed by atoms with Crippen LogP contribution in [0.25, 0.3) is 5.69 Å². The fraction of sp³-hybridized carbons (Fsp3) is 0.286. The third kappa shape index (κ3) is 2.14. The molecule has 1 aliphatic rings. The van der Waals surface area contributed by atoms with Gasteiger partial charge in [0.1, 0.15) is 17.4 Å². The molecule has 0 bridgehead atoms. The van der Waals surface area contributed by atoms with E-state index in [-0.39, 0.29) is 17.4 Å². The monoisotopic (exact) mass is 274 g/mol. The van der Waals surface area contributed by atoms with Gasteiger partial charge in [0.05, 0.1) is 17.6 Å². The van der Waals surface area contributed by atoms with Gasteiger partial charge in [-0.25, -0.2) is 9.48 Å². The molecule has 3 rings (SSSR count). The molecule has 0 saturated carbocycles. The average molecular weight is 274 g/mol. The molecule has 2 aromatic rings. The van der Waals surface area contributed by atoms with Crippen LogP contribution in [0.2, 0.25) is 0 Å². The minimum atomic E-state index is -1.03. The molecule has 0 amide bonds. The van der Waals surface area contributed by atoms with Crippen LogP contribution in [0.1, 0.15) is 35.0 Å². The Labute approximate surface area is 115 Å². The summed E-state index contributed by atoms with van der Waals surface area (Å²) in [6.45, 7) is 0.620. The molecule has 104 valence electrons. The molecule has 1 aliphatic heterocycles. The Kier molecular flexibility index (Phi) is 3.15. The number of aromatic nitrogens is 2. The van der Waals surface area contributed by atoms with E-state index in [9.17, 15) is 15.0 Å². The van der Waals surface area contributed by atoms with Crippen molar-refractivity contribution in [2.75, 3.05) is 6.61 Å². The zero-order chi connectivity index (χ0) is 14.1. The van der Waals surface area contributed by atoms with Gasteiger partial charge in [-0.3, -0.25) is 0 Å². The smallest absolute Gasteiger partial charge is 0.339 e. The molecule has 20 heavy (non-hydrogen) atoms. The van der Waals surface area contributed by atoms with Crippen molar-refractivity contribution in [3.05, 3.63) is 41.7 Å². The van der Waals surface area contributed by atoms with Gasteiger partial charge < -0.3 is 14.9 Å². The molecule has 1 saturated heterocycles. The Morgan fingerprint density at radius 2 is 2.30 bits per heavy atom. The number of rotatable bonds is 3. The molecule has 6 heteroatoms. The molecule has 1 unspecified atom stereocenters. The highest BCUT2D eigenvalue weighted by molar-refractivity contribution is 5.89. The summed E-state index contributed by atoms with van der Waals surface area (Å²) < 4.78 is 7.12. The lowest BCUT2D eigenvalue weighted by atomic mass is 10.1. The van der Waals surface area contributed by atoms with Gasteiger partial charge in [-0.15, -0.1) is 0 Å². The lowest BCUT2D eigenvalue weighted by Crippen LogP contribution is -2.11. The van der Waals surface area contributed by atoms with Gasteiger partial charge in [0, 0.05) is 12.7 Å². The molecule has 2 N–H and O–H groups in total. The van der Waals surface area contributed by atoms with Crippen LogP contribution in [0, 0.1) is 0 Å². The normalized spacial score (nSPS) is 18.3. The Bertz CT molecular complexity index is 644. The first-order valence-electron chi connectivity index (χ1n) is 6.39. The number of carbonyl (C=O) groups is 1. The summed E-state index contributed by atoms with van der Waals surface area (Å²) in [5.41, 5.74) is 1.28. The number of aromatic carboxylic acids is 1. The van der Waals surface area contributed by atoms with E-state index in [4.69, 9.17) is 4.74 Å². The number of ether oxygens (including phenoxy) is 1. The van der Waals surface area contributed by atoms with E-state index in [1.807, 2.05) is 0 Å². The molecule has 6 nitrogen and oxygen atoms in total. The first-order valence-corrected chi connectivity index (χ1v) is 6.39. The second kappa shape index (κ2) is 4.97. The number of nitrogens with zero attached hydrogens (tertiary/aromatic N) is 2. The summed E-state index contributed by atoms with van der Waals surface area (Å²) in [4.78, 5) is 11.3. The van der Waals surface area contributed by atoms with Crippen LogP contribution in [-0.2, 0) is 4.74 Å². The first kappa shape index (κ1) is 12.7. The Morgan fingerprint density at radius 3 is 2.95 bits per heavy atom. The van der Waals surface area contributed by atoms with Crippen molar-refractivity contribution in [3.8, 4) is 11.4 Å². The van der Waals surface area contributed by atoms with Crippen molar-refractivity contribution in [1.29, 1.82) is 0 Å². The SMILES string of the molecule is O=C(O)c1cnn(-c2cccc(O)c2)c1C1CCCO1. The number of phenols is 1. The molecule has 1 atom stereocenters. The maximum atomic E-state index is 11.3. The summed E-state index contributed by atoms with van der Waals surface area (Å²) in [6.07, 6.45) is 2.72. The molecule has 0 radical (unpaired) electrons. The molecule has 1 aromatic heterocycles. The molecular formula is C14H14N2O4. The van der Waals surface area contributed by atoms with Gasteiger partial charge in [0.15, 0.2) is 0 Å². The fourth-order valence-corrected chi connectivity index (χ4v) is 2.46. The van der Waals surface area contributed by atoms with E-state index in [1.165, 1.54) is 16.9 Å². The van der Waals surface area contributed by atoms with Crippen molar-refractivity contribution in [1.82, 2.24) is 9.78 Å². The number of benzene rings is 1. The van der Waals surface area contributed by atoms with Gasteiger partial charge in [-0.1, -0.05) is 6.07 Å². The van der Waals surface area contributed by atoms with Crippen molar-refractivity contribution in [2.24, 2.45) is 0 Å². The van der Waals surface area contributed by atoms with E-state index in [1.54, 1.807) is 18.2 Å². The van der Waals surface area contributed by atoms with Crippen molar-refractivity contribution < 1.29 is 19.7 Å². The lowest BCUT2D eigenvalue weighted by Gasteiger charge is -2.14. The number of aromatic hydroxyl groups is 1. The van der Waals surface area contributed by atoms with E-state index >= 15 is 0 Å². The maximum absolute atomic E-state index is 11.3. The number of carboxylic acid groups (broad SMARTS) is 1. The topological polar surface area (TPSA) is 84.6 Å². The lowest BCUT2D eigenvalue weighted by molar-refractivity contribution is 0.0679. The van der Waals surface area contributed by atoms with E-state index in [0.29, 0.717) is 18.0 Å². The summed E-state index contributed by atoms with van der Waals surface area (Å²) >= 11 is 0. The Balaban J connectivity index is 2.13. The van der Waals surface area contributed by atoms with Crippen molar-refractivity contribution in [3.63, 3.8) is 0 Å². The van der Waals surface area contributed by atoms with Crippen LogP contribution in [0.4, 0.5) is 0 Å². The number of hydrogen-bond acceptors (Lipinski definition) is 4. The van der Waals surface area contributed by atoms with Gasteiger partial charge in [-0.05, 0) is 25.0 Å². The van der Waals surface area contributed by atoms with Crippen LogP contribution in [0.5, 0.6) is 5.75 Å². The predicted molar refractivity (Wildman–Crippen MR) is 70.1 cm³/mol. The average Bonchev–Trinajstić information content (AvgIpc) is 3.07. The summed E-state index contributed by atoms with van der Waals surface area (Å²) in [6, 6.07) is 6.54. The maximum Gasteiger partial charge on any atom is 0.339 e. The van der Waals surface area contributed by atoms with Crippen molar-refractivity contribution in [2.45, 2.75) is 18.9 Å². The number of hydrogen-bond donors (Lipinski definition) is 2. The second-order valence-corrected chi connectivity index (χ2v) is 4.68. The standard InChI is InChI=1S/C14H14N2O4/c17-10-4-1-3-9(7-10)16-13(12-5-2-6-20-12)11(8-15-16)14(18)19/h1,3-4,7-8,12,17H,2,5-6H2,(H,18,19). The third-order valence-electron chi connectivity index (χ3n) is 3.35. The molecule has 0 aliphatic carbocycles.